The molecule has 0 saturated carbocycles. The molecule has 0 aromatic heterocycles. The van der Waals surface area contributed by atoms with Gasteiger partial charge in [0.25, 0.3) is 5.91 Å². The Morgan fingerprint density at radius 3 is 2.34 bits per heavy atom. The lowest BCUT2D eigenvalue weighted by molar-refractivity contribution is -0.134. The van der Waals surface area contributed by atoms with Gasteiger partial charge in [-0.15, -0.1) is 0 Å². The fraction of sp³-hybridized carbons (Fsp3) is 0.600. The average Bonchev–Trinajstić information content (AvgIpc) is 2.75. The van der Waals surface area contributed by atoms with E-state index < -0.39 is 20.5 Å². The van der Waals surface area contributed by atoms with Gasteiger partial charge in [-0.05, 0) is 49.9 Å². The van der Waals surface area contributed by atoms with Gasteiger partial charge < -0.3 is 9.47 Å². The molecule has 2 N–H and O–H groups in total. The maximum atomic E-state index is 13.1. The van der Waals surface area contributed by atoms with E-state index in [0.29, 0.717) is 31.6 Å². The summed E-state index contributed by atoms with van der Waals surface area (Å²) in [7, 11) is -4.05. The highest BCUT2D eigenvalue weighted by molar-refractivity contribution is 7.93. The molecule has 29 heavy (non-hydrogen) atoms. The lowest BCUT2D eigenvalue weighted by Crippen LogP contribution is -2.54. The van der Waals surface area contributed by atoms with Gasteiger partial charge in [0.15, 0.2) is 14.6 Å². The molecule has 9 heteroatoms. The van der Waals surface area contributed by atoms with Crippen molar-refractivity contribution in [2.75, 3.05) is 19.8 Å². The van der Waals surface area contributed by atoms with Crippen LogP contribution in [-0.2, 0) is 24.2 Å². The Bertz CT molecular complexity index is 784. The molecule has 1 aliphatic heterocycles. The zero-order valence-corrected chi connectivity index (χ0v) is 17.5. The van der Waals surface area contributed by atoms with Gasteiger partial charge in [0, 0.05) is 26.1 Å². The van der Waals surface area contributed by atoms with E-state index in [2.05, 4.69) is 0 Å². The number of nitrogens with one attached hydrogen (secondary N) is 1. The maximum absolute atomic E-state index is 13.1. The Kier molecular flexibility index (Phi) is 8.60. The van der Waals surface area contributed by atoms with Crippen LogP contribution < -0.4 is 10.2 Å². The lowest BCUT2D eigenvalue weighted by Gasteiger charge is -2.34. The van der Waals surface area contributed by atoms with Crippen LogP contribution in [0, 0.1) is 0 Å². The van der Waals surface area contributed by atoms with Gasteiger partial charge in [-0.3, -0.25) is 14.8 Å². The Balaban J connectivity index is 2.01. The number of Topliss-reactive ketones (excluding diaryl/α,β-unsaturated/α-hetero) is 1. The fourth-order valence-electron chi connectivity index (χ4n) is 3.32. The van der Waals surface area contributed by atoms with E-state index in [-0.39, 0.29) is 36.7 Å². The minimum atomic E-state index is -4.05. The van der Waals surface area contributed by atoms with Crippen LogP contribution in [0.1, 0.15) is 51.9 Å². The molecule has 1 saturated heterocycles. The van der Waals surface area contributed by atoms with Crippen LogP contribution in [0.4, 0.5) is 0 Å². The number of hydroxylamine groups is 1. The number of sulfone groups is 1. The zero-order valence-electron chi connectivity index (χ0n) is 16.7. The molecule has 0 bridgehead atoms. The summed E-state index contributed by atoms with van der Waals surface area (Å²) in [4.78, 5) is 23.8. The molecule has 2 rings (SSSR count). The quantitative estimate of drug-likeness (QED) is 0.316. The molecule has 0 atom stereocenters. The summed E-state index contributed by atoms with van der Waals surface area (Å²) in [5, 5.41) is 9.07. The van der Waals surface area contributed by atoms with Gasteiger partial charge in [-0.25, -0.2) is 13.9 Å². The van der Waals surface area contributed by atoms with Crippen molar-refractivity contribution in [2.45, 2.75) is 61.5 Å². The number of hydrogen-bond donors (Lipinski definition) is 2. The molecule has 0 radical (unpaired) electrons. The summed E-state index contributed by atoms with van der Waals surface area (Å²) < 4.78 is 35.3. The molecule has 0 spiro atoms. The van der Waals surface area contributed by atoms with E-state index in [4.69, 9.17) is 14.7 Å². The van der Waals surface area contributed by atoms with Crippen molar-refractivity contribution in [3.8, 4) is 5.75 Å². The molecule has 1 aliphatic rings. The molecule has 1 aromatic rings. The number of benzene rings is 1. The zero-order chi connectivity index (χ0) is 21.3. The van der Waals surface area contributed by atoms with Gasteiger partial charge in [0.1, 0.15) is 11.5 Å². The van der Waals surface area contributed by atoms with Crippen LogP contribution in [-0.4, -0.2) is 49.9 Å². The van der Waals surface area contributed by atoms with Crippen molar-refractivity contribution in [1.29, 1.82) is 0 Å². The van der Waals surface area contributed by atoms with Crippen LogP contribution in [0.2, 0.25) is 0 Å². The Labute approximate surface area is 171 Å². The Morgan fingerprint density at radius 1 is 1.14 bits per heavy atom. The van der Waals surface area contributed by atoms with E-state index in [0.717, 1.165) is 12.8 Å². The van der Waals surface area contributed by atoms with Gasteiger partial charge >= 0.3 is 0 Å². The summed E-state index contributed by atoms with van der Waals surface area (Å²) in [5.41, 5.74) is 1.49. The van der Waals surface area contributed by atoms with Crippen molar-refractivity contribution in [1.82, 2.24) is 5.48 Å². The van der Waals surface area contributed by atoms with E-state index >= 15 is 0 Å². The molecule has 162 valence electrons. The fourth-order valence-corrected chi connectivity index (χ4v) is 5.26. The Hall–Kier alpha value is -1.97. The van der Waals surface area contributed by atoms with Crippen molar-refractivity contribution in [3.63, 3.8) is 0 Å². The first-order chi connectivity index (χ1) is 13.9. The van der Waals surface area contributed by atoms with Gasteiger partial charge in [0.2, 0.25) is 0 Å². The van der Waals surface area contributed by atoms with E-state index in [1.807, 2.05) is 6.92 Å². The molecule has 0 aliphatic carbocycles. The van der Waals surface area contributed by atoms with Crippen LogP contribution in [0.3, 0.4) is 0 Å². The highest BCUT2D eigenvalue weighted by Crippen LogP contribution is 2.35. The second-order valence-electron chi connectivity index (χ2n) is 7.12. The molecule has 1 fully saturated rings. The van der Waals surface area contributed by atoms with Gasteiger partial charge in [0.05, 0.1) is 11.5 Å². The first kappa shape index (κ1) is 23.3. The third-order valence-corrected chi connectivity index (χ3v) is 7.66. The topological polar surface area (TPSA) is 119 Å². The van der Waals surface area contributed by atoms with Crippen LogP contribution in [0.15, 0.2) is 29.2 Å². The standard InChI is InChI=1S/C20H29NO7S/c1-2-3-5-16(22)6-4-13-28-17-7-9-18(10-8-17)29(25,26)20(19(23)21-24)11-14-27-15-12-20/h7-10,24H,2-6,11-15H2,1H3,(H,21,23). The molecular formula is C20H29NO7S. The molecule has 0 unspecified atom stereocenters. The summed E-state index contributed by atoms with van der Waals surface area (Å²) in [6.07, 6.45) is 3.48. The third-order valence-electron chi connectivity index (χ3n) is 5.14. The molecule has 1 aromatic carbocycles. The normalized spacial score (nSPS) is 16.2. The smallest absolute Gasteiger partial charge is 0.265 e. The van der Waals surface area contributed by atoms with Gasteiger partial charge in [-0.1, -0.05) is 13.3 Å². The minimum Gasteiger partial charge on any atom is -0.494 e. The molecule has 8 nitrogen and oxygen atoms in total. The lowest BCUT2D eigenvalue weighted by atomic mass is 9.98. The molecule has 1 amide bonds. The van der Waals surface area contributed by atoms with Gasteiger partial charge in [-0.2, -0.15) is 0 Å². The average molecular weight is 428 g/mol. The van der Waals surface area contributed by atoms with E-state index in [1.165, 1.54) is 29.7 Å². The van der Waals surface area contributed by atoms with Crippen LogP contribution in [0.25, 0.3) is 0 Å². The van der Waals surface area contributed by atoms with Crippen molar-refractivity contribution in [3.05, 3.63) is 24.3 Å². The number of amides is 1. The largest absolute Gasteiger partial charge is 0.494 e. The molecule has 1 heterocycles. The third kappa shape index (κ3) is 5.55. The minimum absolute atomic E-state index is 0.0231. The van der Waals surface area contributed by atoms with E-state index in [1.54, 1.807) is 0 Å². The van der Waals surface area contributed by atoms with Crippen LogP contribution >= 0.6 is 0 Å². The maximum Gasteiger partial charge on any atom is 0.265 e. The number of unbranched alkanes of at least 4 members (excludes halogenated alkanes) is 1. The SMILES string of the molecule is CCCCC(=O)CCCOc1ccc(S(=O)(=O)C2(C(=O)NO)CCOCC2)cc1. The number of rotatable bonds is 11. The monoisotopic (exact) mass is 427 g/mol. The number of hydrogen-bond acceptors (Lipinski definition) is 7. The number of ether oxygens (including phenoxy) is 2. The Morgan fingerprint density at radius 2 is 1.76 bits per heavy atom. The first-order valence-corrected chi connectivity index (χ1v) is 11.4. The summed E-state index contributed by atoms with van der Waals surface area (Å²) in [6.45, 7) is 2.63. The second kappa shape index (κ2) is 10.7. The van der Waals surface area contributed by atoms with Crippen molar-refractivity contribution < 1.29 is 32.7 Å². The number of carbonyl (C=O) groups excluding carboxylic acids is 2. The highest BCUT2D eigenvalue weighted by atomic mass is 32.2. The summed E-state index contributed by atoms with van der Waals surface area (Å²) in [6, 6.07) is 5.82. The summed E-state index contributed by atoms with van der Waals surface area (Å²) >= 11 is 0. The second-order valence-corrected chi connectivity index (χ2v) is 9.38. The summed E-state index contributed by atoms with van der Waals surface area (Å²) in [5.74, 6) is -0.243. The predicted molar refractivity (Wildman–Crippen MR) is 106 cm³/mol. The van der Waals surface area contributed by atoms with E-state index in [9.17, 15) is 18.0 Å². The number of ketones is 1. The highest BCUT2D eigenvalue weighted by Gasteiger charge is 2.52. The number of carbonyl (C=O) groups is 2. The molecular weight excluding hydrogens is 398 g/mol. The van der Waals surface area contributed by atoms with Crippen molar-refractivity contribution in [2.24, 2.45) is 0 Å². The predicted octanol–water partition coefficient (Wildman–Crippen LogP) is 2.43. The van der Waals surface area contributed by atoms with Crippen LogP contribution in [0.5, 0.6) is 5.75 Å². The first-order valence-electron chi connectivity index (χ1n) is 9.89. The van der Waals surface area contributed by atoms with Crippen molar-refractivity contribution >= 4 is 21.5 Å².